The van der Waals surface area contributed by atoms with E-state index in [9.17, 15) is 0 Å². The highest BCUT2D eigenvalue weighted by atomic mass is 15.3. The lowest BCUT2D eigenvalue weighted by atomic mass is 10.1. The minimum atomic E-state index is 0.751. The van der Waals surface area contributed by atoms with Gasteiger partial charge in [-0.1, -0.05) is 37.3 Å². The standard InChI is InChI=1S/C20H29N5/c1-3-24-12-14-25(15-13-24)19-16-17(2)22-20(23-19)21-11-7-10-18-8-5-4-6-9-18/h4-6,8-9,16H,3,7,10-15H2,1-2H3,(H,21,22,23). The van der Waals surface area contributed by atoms with Crippen molar-refractivity contribution in [3.8, 4) is 0 Å². The SMILES string of the molecule is CCN1CCN(c2cc(C)nc(NCCCc3ccccc3)n2)CC1. The highest BCUT2D eigenvalue weighted by Crippen LogP contribution is 2.17. The molecule has 1 saturated heterocycles. The normalized spacial score (nSPS) is 15.4. The number of nitrogens with zero attached hydrogens (tertiary/aromatic N) is 4. The van der Waals surface area contributed by atoms with Gasteiger partial charge in [0.2, 0.25) is 5.95 Å². The molecule has 0 atom stereocenters. The monoisotopic (exact) mass is 339 g/mol. The van der Waals surface area contributed by atoms with E-state index in [1.165, 1.54) is 5.56 Å². The predicted molar refractivity (Wildman–Crippen MR) is 104 cm³/mol. The van der Waals surface area contributed by atoms with Crippen LogP contribution in [-0.4, -0.2) is 54.1 Å². The molecule has 0 saturated carbocycles. The maximum Gasteiger partial charge on any atom is 0.224 e. The zero-order chi connectivity index (χ0) is 17.5. The quantitative estimate of drug-likeness (QED) is 0.786. The van der Waals surface area contributed by atoms with Gasteiger partial charge in [0.05, 0.1) is 0 Å². The van der Waals surface area contributed by atoms with E-state index < -0.39 is 0 Å². The summed E-state index contributed by atoms with van der Waals surface area (Å²) in [4.78, 5) is 14.1. The maximum atomic E-state index is 4.74. The molecule has 3 rings (SSSR count). The molecule has 134 valence electrons. The summed E-state index contributed by atoms with van der Waals surface area (Å²) in [5, 5.41) is 3.40. The van der Waals surface area contributed by atoms with Gasteiger partial charge in [-0.05, 0) is 31.9 Å². The van der Waals surface area contributed by atoms with Crippen LogP contribution in [0.5, 0.6) is 0 Å². The van der Waals surface area contributed by atoms with Crippen molar-refractivity contribution in [3.63, 3.8) is 0 Å². The maximum absolute atomic E-state index is 4.74. The molecule has 2 aromatic rings. The highest BCUT2D eigenvalue weighted by molar-refractivity contribution is 5.45. The third kappa shape index (κ3) is 5.16. The Hall–Kier alpha value is -2.14. The van der Waals surface area contributed by atoms with Crippen LogP contribution in [0, 0.1) is 6.92 Å². The average Bonchev–Trinajstić information content (AvgIpc) is 2.66. The van der Waals surface area contributed by atoms with Gasteiger partial charge >= 0.3 is 0 Å². The van der Waals surface area contributed by atoms with Gasteiger partial charge in [0, 0.05) is 44.5 Å². The molecule has 2 heterocycles. The number of nitrogens with one attached hydrogen (secondary N) is 1. The number of piperazine rings is 1. The Morgan fingerprint density at radius 1 is 1.04 bits per heavy atom. The summed E-state index contributed by atoms with van der Waals surface area (Å²) >= 11 is 0. The fourth-order valence-corrected chi connectivity index (χ4v) is 3.22. The summed E-state index contributed by atoms with van der Waals surface area (Å²) in [5.74, 6) is 1.80. The first kappa shape index (κ1) is 17.7. The van der Waals surface area contributed by atoms with Gasteiger partial charge in [0.1, 0.15) is 5.82 Å². The molecule has 0 unspecified atom stereocenters. The second-order valence-electron chi connectivity index (χ2n) is 6.63. The Labute approximate surface area is 151 Å². The summed E-state index contributed by atoms with van der Waals surface area (Å²) in [5.41, 5.74) is 2.40. The molecule has 0 bridgehead atoms. The van der Waals surface area contributed by atoms with Gasteiger partial charge in [-0.2, -0.15) is 4.98 Å². The molecular formula is C20H29N5. The first-order valence-corrected chi connectivity index (χ1v) is 9.35. The molecule has 0 spiro atoms. The van der Waals surface area contributed by atoms with Crippen LogP contribution in [0.15, 0.2) is 36.4 Å². The van der Waals surface area contributed by atoms with Crippen molar-refractivity contribution in [2.24, 2.45) is 0 Å². The van der Waals surface area contributed by atoms with Crippen molar-refractivity contribution in [1.29, 1.82) is 0 Å². The van der Waals surface area contributed by atoms with E-state index in [4.69, 9.17) is 4.98 Å². The minimum absolute atomic E-state index is 0.751. The smallest absolute Gasteiger partial charge is 0.224 e. The van der Waals surface area contributed by atoms with Crippen LogP contribution in [0.25, 0.3) is 0 Å². The molecule has 0 aliphatic carbocycles. The van der Waals surface area contributed by atoms with E-state index in [0.29, 0.717) is 0 Å². The Morgan fingerprint density at radius 2 is 1.80 bits per heavy atom. The third-order valence-corrected chi connectivity index (χ3v) is 4.75. The molecule has 1 N–H and O–H groups in total. The number of hydrogen-bond acceptors (Lipinski definition) is 5. The van der Waals surface area contributed by atoms with Gasteiger partial charge < -0.3 is 15.1 Å². The van der Waals surface area contributed by atoms with Crippen LogP contribution in [-0.2, 0) is 6.42 Å². The first-order chi connectivity index (χ1) is 12.2. The average molecular weight is 339 g/mol. The van der Waals surface area contributed by atoms with Crippen LogP contribution < -0.4 is 10.2 Å². The summed E-state index contributed by atoms with van der Waals surface area (Å²) in [7, 11) is 0. The third-order valence-electron chi connectivity index (χ3n) is 4.75. The summed E-state index contributed by atoms with van der Waals surface area (Å²) in [6.45, 7) is 10.6. The number of aryl methyl sites for hydroxylation is 2. The second kappa shape index (κ2) is 8.81. The van der Waals surface area contributed by atoms with Crippen molar-refractivity contribution in [2.75, 3.05) is 49.5 Å². The van der Waals surface area contributed by atoms with Crippen LogP contribution in [0.1, 0.15) is 24.6 Å². The summed E-state index contributed by atoms with van der Waals surface area (Å²) in [6.07, 6.45) is 2.15. The van der Waals surface area contributed by atoms with Crippen molar-refractivity contribution < 1.29 is 0 Å². The molecular weight excluding hydrogens is 310 g/mol. The molecule has 1 aromatic carbocycles. The number of likely N-dealkylation sites (N-methyl/N-ethyl adjacent to an activating group) is 1. The molecule has 1 fully saturated rings. The van der Waals surface area contributed by atoms with E-state index in [1.54, 1.807) is 0 Å². The number of rotatable bonds is 7. The topological polar surface area (TPSA) is 44.3 Å². The number of anilines is 2. The second-order valence-corrected chi connectivity index (χ2v) is 6.63. The van der Waals surface area contributed by atoms with Crippen molar-refractivity contribution in [1.82, 2.24) is 14.9 Å². The van der Waals surface area contributed by atoms with E-state index in [-0.39, 0.29) is 0 Å². The largest absolute Gasteiger partial charge is 0.354 e. The zero-order valence-corrected chi connectivity index (χ0v) is 15.4. The Bertz CT molecular complexity index is 650. The Morgan fingerprint density at radius 3 is 2.52 bits per heavy atom. The highest BCUT2D eigenvalue weighted by Gasteiger charge is 2.17. The lowest BCUT2D eigenvalue weighted by Crippen LogP contribution is -2.46. The van der Waals surface area contributed by atoms with Gasteiger partial charge in [-0.25, -0.2) is 4.98 Å². The molecule has 1 aromatic heterocycles. The fraction of sp³-hybridized carbons (Fsp3) is 0.500. The molecule has 5 heteroatoms. The van der Waals surface area contributed by atoms with E-state index in [0.717, 1.165) is 69.6 Å². The molecule has 1 aliphatic heterocycles. The van der Waals surface area contributed by atoms with Gasteiger partial charge in [0.15, 0.2) is 0 Å². The number of aromatic nitrogens is 2. The lowest BCUT2D eigenvalue weighted by molar-refractivity contribution is 0.270. The summed E-state index contributed by atoms with van der Waals surface area (Å²) < 4.78 is 0. The van der Waals surface area contributed by atoms with Crippen molar-refractivity contribution in [3.05, 3.63) is 47.7 Å². The zero-order valence-electron chi connectivity index (χ0n) is 15.4. The van der Waals surface area contributed by atoms with Gasteiger partial charge in [-0.15, -0.1) is 0 Å². The Kier molecular flexibility index (Phi) is 6.23. The molecule has 0 amide bonds. The van der Waals surface area contributed by atoms with Crippen molar-refractivity contribution >= 4 is 11.8 Å². The van der Waals surface area contributed by atoms with E-state index in [2.05, 4.69) is 63.4 Å². The van der Waals surface area contributed by atoms with E-state index >= 15 is 0 Å². The van der Waals surface area contributed by atoms with Gasteiger partial charge in [0.25, 0.3) is 0 Å². The first-order valence-electron chi connectivity index (χ1n) is 9.35. The number of hydrogen-bond donors (Lipinski definition) is 1. The van der Waals surface area contributed by atoms with Crippen LogP contribution >= 0.6 is 0 Å². The molecule has 0 radical (unpaired) electrons. The van der Waals surface area contributed by atoms with Gasteiger partial charge in [-0.3, -0.25) is 0 Å². The lowest BCUT2D eigenvalue weighted by Gasteiger charge is -2.34. The molecule has 5 nitrogen and oxygen atoms in total. The number of benzene rings is 1. The Balaban J connectivity index is 1.53. The fourth-order valence-electron chi connectivity index (χ4n) is 3.22. The predicted octanol–water partition coefficient (Wildman–Crippen LogP) is 2.97. The van der Waals surface area contributed by atoms with Crippen LogP contribution in [0.2, 0.25) is 0 Å². The van der Waals surface area contributed by atoms with Crippen molar-refractivity contribution in [2.45, 2.75) is 26.7 Å². The summed E-state index contributed by atoms with van der Waals surface area (Å²) in [6, 6.07) is 12.7. The minimum Gasteiger partial charge on any atom is -0.354 e. The van der Waals surface area contributed by atoms with Crippen LogP contribution in [0.4, 0.5) is 11.8 Å². The van der Waals surface area contributed by atoms with E-state index in [1.807, 2.05) is 6.92 Å². The molecule has 25 heavy (non-hydrogen) atoms. The molecule has 1 aliphatic rings. The van der Waals surface area contributed by atoms with Crippen LogP contribution in [0.3, 0.4) is 0 Å².